The van der Waals surface area contributed by atoms with Crippen LogP contribution in [0.2, 0.25) is 5.02 Å². The third-order valence-corrected chi connectivity index (χ3v) is 7.08. The maximum Gasteiger partial charge on any atom is 0.338 e. The minimum absolute atomic E-state index is 0.0200. The Morgan fingerprint density at radius 3 is 2.75 bits per heavy atom. The number of ether oxygens (including phenoxy) is 1. The van der Waals surface area contributed by atoms with Crippen LogP contribution in [0.1, 0.15) is 35.0 Å². The standard InChI is InChI=1S/C23H23ClN2O5S/c1-13-3-7-19-16(9-13)17-10-14(4-8-20(17)25-19)23(28)31-12-22(27)26-21-11-15(32(2,29)30)5-6-18(21)24/h4-6,8,10-11,13,25H,3,7,9,12H2,1-2H3,(H,26,27)/t13-/m0/s1. The van der Waals surface area contributed by atoms with E-state index in [0.717, 1.165) is 36.4 Å². The number of carbonyl (C=O) groups is 2. The fourth-order valence-corrected chi connectivity index (χ4v) is 4.76. The van der Waals surface area contributed by atoms with Crippen molar-refractivity contribution in [2.75, 3.05) is 18.2 Å². The molecule has 7 nitrogen and oxygen atoms in total. The van der Waals surface area contributed by atoms with E-state index in [1.54, 1.807) is 12.1 Å². The van der Waals surface area contributed by atoms with Crippen molar-refractivity contribution in [3.8, 4) is 0 Å². The molecule has 2 N–H and O–H groups in total. The van der Waals surface area contributed by atoms with Crippen molar-refractivity contribution in [2.45, 2.75) is 31.1 Å². The largest absolute Gasteiger partial charge is 0.452 e. The van der Waals surface area contributed by atoms with Crippen LogP contribution < -0.4 is 5.32 Å². The van der Waals surface area contributed by atoms with E-state index < -0.39 is 28.3 Å². The zero-order valence-electron chi connectivity index (χ0n) is 17.7. The first-order chi connectivity index (χ1) is 15.1. The number of carbonyl (C=O) groups excluding carboxylic acids is 2. The molecule has 1 aliphatic carbocycles. The van der Waals surface area contributed by atoms with E-state index in [1.807, 2.05) is 6.07 Å². The third-order valence-electron chi connectivity index (χ3n) is 5.64. The Balaban J connectivity index is 1.44. The maximum absolute atomic E-state index is 12.5. The molecule has 3 aromatic rings. The first kappa shape index (κ1) is 22.4. The summed E-state index contributed by atoms with van der Waals surface area (Å²) in [5, 5.41) is 3.67. The summed E-state index contributed by atoms with van der Waals surface area (Å²) in [4.78, 5) is 28.2. The van der Waals surface area contributed by atoms with Gasteiger partial charge in [0, 0.05) is 22.9 Å². The van der Waals surface area contributed by atoms with Gasteiger partial charge < -0.3 is 15.0 Å². The second-order valence-electron chi connectivity index (χ2n) is 8.23. The number of halogens is 1. The number of benzene rings is 2. The molecule has 0 unspecified atom stereocenters. The fraction of sp³-hybridized carbons (Fsp3) is 0.304. The average molecular weight is 475 g/mol. The number of anilines is 1. The van der Waals surface area contributed by atoms with Crippen LogP contribution in [0.15, 0.2) is 41.3 Å². The van der Waals surface area contributed by atoms with Gasteiger partial charge in [0.25, 0.3) is 5.91 Å². The van der Waals surface area contributed by atoms with Crippen LogP contribution in [0.3, 0.4) is 0 Å². The molecule has 0 bridgehead atoms. The zero-order valence-corrected chi connectivity index (χ0v) is 19.3. The first-order valence-electron chi connectivity index (χ1n) is 10.2. The van der Waals surface area contributed by atoms with Crippen molar-refractivity contribution < 1.29 is 22.7 Å². The van der Waals surface area contributed by atoms with Crippen LogP contribution in [0.5, 0.6) is 0 Å². The van der Waals surface area contributed by atoms with Gasteiger partial charge in [-0.25, -0.2) is 13.2 Å². The molecule has 1 amide bonds. The van der Waals surface area contributed by atoms with Crippen molar-refractivity contribution in [2.24, 2.45) is 5.92 Å². The Hall–Kier alpha value is -2.84. The van der Waals surface area contributed by atoms with Crippen LogP contribution in [-0.2, 0) is 32.2 Å². The summed E-state index contributed by atoms with van der Waals surface area (Å²) < 4.78 is 28.6. The minimum atomic E-state index is -3.46. The summed E-state index contributed by atoms with van der Waals surface area (Å²) >= 11 is 6.04. The molecule has 0 spiro atoms. The lowest BCUT2D eigenvalue weighted by molar-refractivity contribution is -0.119. The van der Waals surface area contributed by atoms with Gasteiger partial charge in [-0.2, -0.15) is 0 Å². The molecule has 0 fully saturated rings. The van der Waals surface area contributed by atoms with Gasteiger partial charge in [0.05, 0.1) is 21.2 Å². The molecule has 1 heterocycles. The van der Waals surface area contributed by atoms with Gasteiger partial charge in [-0.1, -0.05) is 18.5 Å². The molecule has 0 aliphatic heterocycles. The van der Waals surface area contributed by atoms with Crippen molar-refractivity contribution in [3.05, 3.63) is 58.2 Å². The highest BCUT2D eigenvalue weighted by Crippen LogP contribution is 2.32. The van der Waals surface area contributed by atoms with E-state index >= 15 is 0 Å². The first-order valence-corrected chi connectivity index (χ1v) is 12.5. The van der Waals surface area contributed by atoms with Gasteiger partial charge in [0.2, 0.25) is 0 Å². The predicted octanol–water partition coefficient (Wildman–Crippen LogP) is 4.15. The molecule has 4 rings (SSSR count). The fourth-order valence-electron chi connectivity index (χ4n) is 3.95. The topological polar surface area (TPSA) is 105 Å². The molecule has 1 aromatic heterocycles. The summed E-state index contributed by atoms with van der Waals surface area (Å²) in [6, 6.07) is 9.32. The number of sulfone groups is 1. The lowest BCUT2D eigenvalue weighted by atomic mass is 9.87. The van der Waals surface area contributed by atoms with E-state index in [4.69, 9.17) is 16.3 Å². The molecule has 0 saturated heterocycles. The highest BCUT2D eigenvalue weighted by Gasteiger charge is 2.21. The summed E-state index contributed by atoms with van der Waals surface area (Å²) in [6.45, 7) is 1.69. The third kappa shape index (κ3) is 4.66. The van der Waals surface area contributed by atoms with Crippen LogP contribution in [0.25, 0.3) is 10.9 Å². The lowest BCUT2D eigenvalue weighted by Gasteiger charge is -2.18. The molecule has 32 heavy (non-hydrogen) atoms. The van der Waals surface area contributed by atoms with Gasteiger partial charge in [0.15, 0.2) is 16.4 Å². The molecule has 0 saturated carbocycles. The molecular formula is C23H23ClN2O5S. The van der Waals surface area contributed by atoms with E-state index in [9.17, 15) is 18.0 Å². The Morgan fingerprint density at radius 2 is 2.00 bits per heavy atom. The number of aryl methyl sites for hydroxylation is 1. The number of aromatic amines is 1. The zero-order chi connectivity index (χ0) is 23.0. The number of amides is 1. The quantitative estimate of drug-likeness (QED) is 0.540. The number of rotatable bonds is 5. The molecule has 2 aromatic carbocycles. The highest BCUT2D eigenvalue weighted by atomic mass is 35.5. The Morgan fingerprint density at radius 1 is 1.22 bits per heavy atom. The van der Waals surface area contributed by atoms with Gasteiger partial charge in [0.1, 0.15) is 0 Å². The number of aromatic nitrogens is 1. The molecule has 0 radical (unpaired) electrons. The number of fused-ring (bicyclic) bond motifs is 3. The molecular weight excluding hydrogens is 452 g/mol. The van der Waals surface area contributed by atoms with E-state index in [0.29, 0.717) is 11.5 Å². The van der Waals surface area contributed by atoms with Crippen LogP contribution in [0.4, 0.5) is 5.69 Å². The van der Waals surface area contributed by atoms with Crippen molar-refractivity contribution in [1.82, 2.24) is 4.98 Å². The van der Waals surface area contributed by atoms with Crippen molar-refractivity contribution in [3.63, 3.8) is 0 Å². The Kier molecular flexibility index (Phi) is 6.01. The Bertz CT molecular complexity index is 1330. The molecule has 1 aliphatic rings. The lowest BCUT2D eigenvalue weighted by Crippen LogP contribution is -2.21. The van der Waals surface area contributed by atoms with Gasteiger partial charge in [-0.3, -0.25) is 4.79 Å². The summed E-state index contributed by atoms with van der Waals surface area (Å²) in [5.41, 5.74) is 3.94. The summed E-state index contributed by atoms with van der Waals surface area (Å²) in [6.07, 6.45) is 4.15. The van der Waals surface area contributed by atoms with Crippen molar-refractivity contribution in [1.29, 1.82) is 0 Å². The predicted molar refractivity (Wildman–Crippen MR) is 123 cm³/mol. The number of hydrogen-bond donors (Lipinski definition) is 2. The molecule has 9 heteroatoms. The van der Waals surface area contributed by atoms with Crippen LogP contribution in [0, 0.1) is 5.92 Å². The normalized spacial score (nSPS) is 15.9. The van der Waals surface area contributed by atoms with Crippen LogP contribution >= 0.6 is 11.6 Å². The smallest absolute Gasteiger partial charge is 0.338 e. The van der Waals surface area contributed by atoms with Gasteiger partial charge >= 0.3 is 5.97 Å². The number of hydrogen-bond acceptors (Lipinski definition) is 5. The molecule has 1 atom stereocenters. The monoisotopic (exact) mass is 474 g/mol. The number of esters is 1. The molecule has 168 valence electrons. The van der Waals surface area contributed by atoms with Crippen molar-refractivity contribution >= 4 is 49.9 Å². The second-order valence-corrected chi connectivity index (χ2v) is 10.7. The summed E-state index contributed by atoms with van der Waals surface area (Å²) in [5.74, 6) is -0.648. The van der Waals surface area contributed by atoms with E-state index in [-0.39, 0.29) is 15.6 Å². The van der Waals surface area contributed by atoms with E-state index in [2.05, 4.69) is 17.2 Å². The Labute approximate surface area is 191 Å². The number of H-pyrrole nitrogens is 1. The second kappa shape index (κ2) is 8.60. The SMILES string of the molecule is C[C@H]1CCc2[nH]c3ccc(C(=O)OCC(=O)Nc4cc(S(C)(=O)=O)ccc4Cl)cc3c2C1. The number of nitrogens with one attached hydrogen (secondary N) is 2. The van der Waals surface area contributed by atoms with Gasteiger partial charge in [-0.05, 0) is 67.1 Å². The summed E-state index contributed by atoms with van der Waals surface area (Å²) in [7, 11) is -3.46. The minimum Gasteiger partial charge on any atom is -0.452 e. The van der Waals surface area contributed by atoms with E-state index in [1.165, 1.54) is 29.5 Å². The van der Waals surface area contributed by atoms with Crippen LogP contribution in [-0.4, -0.2) is 38.1 Å². The maximum atomic E-state index is 12.5. The average Bonchev–Trinajstić information content (AvgIpc) is 3.10. The van der Waals surface area contributed by atoms with Gasteiger partial charge in [-0.15, -0.1) is 0 Å². The highest BCUT2D eigenvalue weighted by molar-refractivity contribution is 7.90.